The van der Waals surface area contributed by atoms with Crippen LogP contribution in [0.15, 0.2) is 48.5 Å². The van der Waals surface area contributed by atoms with Gasteiger partial charge < -0.3 is 29.2 Å². The lowest BCUT2D eigenvalue weighted by molar-refractivity contribution is -0.152. The van der Waals surface area contributed by atoms with Gasteiger partial charge in [0.1, 0.15) is 22.3 Å². The first-order valence-electron chi connectivity index (χ1n) is 20.1. The molecule has 4 aliphatic heterocycles. The van der Waals surface area contributed by atoms with Gasteiger partial charge in [0.2, 0.25) is 0 Å². The molecule has 57 heavy (non-hydrogen) atoms. The van der Waals surface area contributed by atoms with Crippen LogP contribution in [-0.4, -0.2) is 108 Å². The van der Waals surface area contributed by atoms with Crippen LogP contribution in [0.5, 0.6) is 0 Å². The largest absolute Gasteiger partial charge is 0.467 e. The van der Waals surface area contributed by atoms with E-state index in [4.69, 9.17) is 14.2 Å². The Morgan fingerprint density at radius 3 is 1.89 bits per heavy atom. The maximum absolute atomic E-state index is 12.9. The molecule has 0 radical (unpaired) electrons. The van der Waals surface area contributed by atoms with Crippen LogP contribution in [-0.2, 0) is 46.2 Å². The van der Waals surface area contributed by atoms with Gasteiger partial charge in [0.05, 0.1) is 20.8 Å². The maximum Gasteiger partial charge on any atom is 0.411 e. The third-order valence-corrected chi connectivity index (χ3v) is 10.6. The zero-order chi connectivity index (χ0) is 42.2. The lowest BCUT2D eigenvalue weighted by Crippen LogP contribution is -2.52. The Balaban J connectivity index is 0.000000211. The molecule has 13 heteroatoms. The highest BCUT2D eigenvalue weighted by molar-refractivity contribution is 5.98. The number of carbonyl (C=O) groups excluding carboxylic acids is 5. The van der Waals surface area contributed by atoms with E-state index in [0.717, 1.165) is 37.3 Å². The molecule has 2 fully saturated rings. The molecule has 2 aromatic rings. The number of nitrogens with zero attached hydrogens (tertiary/aromatic N) is 3. The molecule has 0 saturated carbocycles. The van der Waals surface area contributed by atoms with E-state index in [1.165, 1.54) is 62.9 Å². The Hall–Kier alpha value is -4.81. The molecule has 1 N–H and O–H groups in total. The minimum atomic E-state index is -1.27. The highest BCUT2D eigenvalue weighted by Crippen LogP contribution is 2.38. The van der Waals surface area contributed by atoms with Crippen LogP contribution in [0, 0.1) is 0 Å². The highest BCUT2D eigenvalue weighted by atomic mass is 16.6. The van der Waals surface area contributed by atoms with Gasteiger partial charge in [0, 0.05) is 49.9 Å². The third-order valence-electron chi connectivity index (χ3n) is 10.6. The molecule has 2 aromatic carbocycles. The molecule has 2 amide bonds. The number of carbonyl (C=O) groups is 5. The number of rotatable bonds is 3. The molecule has 0 aromatic heterocycles. The number of para-hydroxylation sites is 2. The number of fused-ring (bicyclic) bond motifs is 2. The van der Waals surface area contributed by atoms with Crippen LogP contribution < -0.4 is 10.2 Å². The van der Waals surface area contributed by atoms with E-state index in [9.17, 15) is 24.0 Å². The quantitative estimate of drug-likeness (QED) is 0.247. The molecule has 13 nitrogen and oxygen atoms in total. The van der Waals surface area contributed by atoms with Gasteiger partial charge in [-0.15, -0.1) is 0 Å². The van der Waals surface area contributed by atoms with Crippen molar-refractivity contribution in [2.45, 2.75) is 135 Å². The van der Waals surface area contributed by atoms with Gasteiger partial charge in [0.15, 0.2) is 5.78 Å². The molecule has 6 rings (SSSR count). The van der Waals surface area contributed by atoms with Crippen molar-refractivity contribution in [1.29, 1.82) is 0 Å². The number of Topliss-reactive ketones (excluding diaryl/α,β-unsaturated/α-hetero) is 1. The normalized spacial score (nSPS) is 23.1. The number of hydrogen-bond donors (Lipinski definition) is 1. The molecule has 4 aliphatic rings. The summed E-state index contributed by atoms with van der Waals surface area (Å²) in [6, 6.07) is 17.1. The summed E-state index contributed by atoms with van der Waals surface area (Å²) < 4.78 is 20.5. The van der Waals surface area contributed by atoms with Crippen molar-refractivity contribution in [3.63, 3.8) is 0 Å². The van der Waals surface area contributed by atoms with Gasteiger partial charge in [-0.25, -0.2) is 19.2 Å². The van der Waals surface area contributed by atoms with Gasteiger partial charge in [0.25, 0.3) is 0 Å². The number of amides is 2. The Morgan fingerprint density at radius 2 is 1.26 bits per heavy atom. The van der Waals surface area contributed by atoms with E-state index in [1.54, 1.807) is 32.6 Å². The molecule has 3 atom stereocenters. The molecule has 0 bridgehead atoms. The number of anilines is 2. The second-order valence-electron chi connectivity index (χ2n) is 17.6. The lowest BCUT2D eigenvalue weighted by Gasteiger charge is -2.33. The van der Waals surface area contributed by atoms with Crippen LogP contribution in [0.25, 0.3) is 0 Å². The summed E-state index contributed by atoms with van der Waals surface area (Å²) in [6.07, 6.45) is 6.49. The summed E-state index contributed by atoms with van der Waals surface area (Å²) in [5, 5.41) is 3.43. The van der Waals surface area contributed by atoms with Crippen LogP contribution in [0.3, 0.4) is 0 Å². The maximum atomic E-state index is 12.9. The van der Waals surface area contributed by atoms with Crippen LogP contribution in [0.1, 0.15) is 105 Å². The van der Waals surface area contributed by atoms with Crippen molar-refractivity contribution in [2.24, 2.45) is 0 Å². The van der Waals surface area contributed by atoms with E-state index in [2.05, 4.69) is 63.5 Å². The summed E-state index contributed by atoms with van der Waals surface area (Å²) in [7, 11) is 2.60. The average molecular weight is 793 g/mol. The third kappa shape index (κ3) is 11.4. The van der Waals surface area contributed by atoms with Crippen molar-refractivity contribution in [3.05, 3.63) is 59.7 Å². The van der Waals surface area contributed by atoms with Gasteiger partial charge in [-0.05, 0) is 117 Å². The lowest BCUT2D eigenvalue weighted by atomic mass is 9.96. The first kappa shape index (κ1) is 44.9. The topological polar surface area (TPSA) is 144 Å². The van der Waals surface area contributed by atoms with E-state index in [-0.39, 0.29) is 24.8 Å². The summed E-state index contributed by atoms with van der Waals surface area (Å²) in [4.78, 5) is 65.9. The standard InChI is InChI=1S/C22H32N2O4.C12H19NO5.C10H13N/c1-21(2,3)28-20(26)24-15-17(14-22(24,4)19(25)27-5)23-13-9-8-11-16-10-6-7-12-18(16)23;1-11(2,3)18-10(16)13-7-8(14)6-12(13,4)9(15)17-5;1-2-7-10-9(5-1)6-3-4-8-11-10/h6-7,10,12,17H,8-9,11,13-15H2,1-5H3;6-7H2,1-5H3;1-2,5,7,11H,3-4,6,8H2/t17-,22-;12-;/m00./s1. The molecule has 314 valence electrons. The Labute approximate surface area is 338 Å². The highest BCUT2D eigenvalue weighted by Gasteiger charge is 2.54. The van der Waals surface area contributed by atoms with Gasteiger partial charge >= 0.3 is 24.1 Å². The predicted octanol–water partition coefficient (Wildman–Crippen LogP) is 7.33. The number of benzene rings is 2. The number of methoxy groups -OCH3 is 2. The molecule has 0 spiro atoms. The van der Waals surface area contributed by atoms with Crippen molar-refractivity contribution in [1.82, 2.24) is 9.80 Å². The van der Waals surface area contributed by atoms with E-state index < -0.39 is 46.4 Å². The first-order chi connectivity index (χ1) is 26.7. The fourth-order valence-electron chi connectivity index (χ4n) is 7.81. The molecular weight excluding hydrogens is 729 g/mol. The van der Waals surface area contributed by atoms with Crippen molar-refractivity contribution in [3.8, 4) is 0 Å². The van der Waals surface area contributed by atoms with Crippen LogP contribution in [0.4, 0.5) is 21.0 Å². The minimum Gasteiger partial charge on any atom is -0.467 e. The van der Waals surface area contributed by atoms with E-state index >= 15 is 0 Å². The molecule has 4 heterocycles. The molecule has 2 saturated heterocycles. The second kappa shape index (κ2) is 18.6. The van der Waals surface area contributed by atoms with Crippen LogP contribution >= 0.6 is 0 Å². The van der Waals surface area contributed by atoms with Gasteiger partial charge in [-0.2, -0.15) is 0 Å². The number of esters is 2. The van der Waals surface area contributed by atoms with Gasteiger partial charge in [-0.3, -0.25) is 14.6 Å². The summed E-state index contributed by atoms with van der Waals surface area (Å²) >= 11 is 0. The number of ketones is 1. The van der Waals surface area contributed by atoms with Gasteiger partial charge in [-0.1, -0.05) is 36.4 Å². The zero-order valence-corrected chi connectivity index (χ0v) is 35.7. The zero-order valence-electron chi connectivity index (χ0n) is 35.7. The van der Waals surface area contributed by atoms with Crippen LogP contribution in [0.2, 0.25) is 0 Å². The number of hydrogen-bond acceptors (Lipinski definition) is 11. The molecule has 0 aliphatic carbocycles. The first-order valence-corrected chi connectivity index (χ1v) is 20.1. The Kier molecular flexibility index (Phi) is 14.7. The number of likely N-dealkylation sites (tertiary alicyclic amines) is 2. The fourth-order valence-corrected chi connectivity index (χ4v) is 7.81. The smallest absolute Gasteiger partial charge is 0.411 e. The SMILES string of the molecule is COC(=O)[C@]1(C)CC(=O)CN1C(=O)OC(C)(C)C.COC(=O)[C@]1(C)C[C@H](N2CCCCc3ccccc32)CN1C(=O)OC(C)(C)C.c1ccc2c(c1)CCCCN2. The Bertz CT molecular complexity index is 1730. The van der Waals surface area contributed by atoms with Crippen molar-refractivity contribution >= 4 is 41.3 Å². The van der Waals surface area contributed by atoms with Crippen molar-refractivity contribution in [2.75, 3.05) is 50.6 Å². The van der Waals surface area contributed by atoms with E-state index in [0.29, 0.717) is 13.0 Å². The second-order valence-corrected chi connectivity index (χ2v) is 17.6. The monoisotopic (exact) mass is 792 g/mol. The summed E-state index contributed by atoms with van der Waals surface area (Å²) in [6.45, 7) is 16.3. The predicted molar refractivity (Wildman–Crippen MR) is 219 cm³/mol. The van der Waals surface area contributed by atoms with Crippen molar-refractivity contribution < 1.29 is 42.9 Å². The molecule has 0 unspecified atom stereocenters. The fraction of sp³-hybridized carbons (Fsp3) is 0.614. The average Bonchev–Trinajstić information content (AvgIpc) is 3.43. The number of nitrogens with one attached hydrogen (secondary N) is 1. The number of aryl methyl sites for hydroxylation is 2. The summed E-state index contributed by atoms with van der Waals surface area (Å²) in [5.41, 5.74) is 1.74. The van der Waals surface area contributed by atoms with E-state index in [1.807, 2.05) is 20.8 Å². The summed E-state index contributed by atoms with van der Waals surface area (Å²) in [5.74, 6) is -1.20. The number of ether oxygens (including phenoxy) is 4. The minimum absolute atomic E-state index is 0.0378. The Morgan fingerprint density at radius 1 is 0.719 bits per heavy atom. The molecular formula is C44H64N4O9.